The monoisotopic (exact) mass is 186 g/mol. The van der Waals surface area contributed by atoms with E-state index >= 15 is 0 Å². The van der Waals surface area contributed by atoms with Gasteiger partial charge in [-0.25, -0.2) is 0 Å². The van der Waals surface area contributed by atoms with E-state index in [0.717, 1.165) is 5.92 Å². The Bertz CT molecular complexity index is 112. The Labute approximate surface area is 81.8 Å². The first kappa shape index (κ1) is 12.1. The molecule has 0 spiro atoms. The Balaban J connectivity index is 0.000000561. The van der Waals surface area contributed by atoms with Gasteiger partial charge in [0.25, 0.3) is 0 Å². The Kier molecular flexibility index (Phi) is 7.78. The highest BCUT2D eigenvalue weighted by atomic mass is 32.2. The average Bonchev–Trinajstić information content (AvgIpc) is 2.08. The minimum atomic E-state index is 0.957. The molecule has 0 aromatic rings. The summed E-state index contributed by atoms with van der Waals surface area (Å²) in [6.07, 6.45) is 4.09. The van der Waals surface area contributed by atoms with Crippen molar-refractivity contribution in [2.75, 3.05) is 11.5 Å². The molecule has 0 nitrogen and oxygen atoms in total. The molecule has 0 bridgehead atoms. The van der Waals surface area contributed by atoms with Gasteiger partial charge in [0, 0.05) is 0 Å². The molecular weight excluding hydrogens is 164 g/mol. The SMILES string of the molecule is C=C(C)CC1CCSCC1.CC. The van der Waals surface area contributed by atoms with Crippen LogP contribution in [0.1, 0.15) is 40.0 Å². The molecule has 12 heavy (non-hydrogen) atoms. The van der Waals surface area contributed by atoms with E-state index in [1.54, 1.807) is 0 Å². The minimum absolute atomic E-state index is 0.957. The number of hydrogen-bond donors (Lipinski definition) is 0. The highest BCUT2D eigenvalue weighted by Gasteiger charge is 2.12. The molecule has 1 saturated heterocycles. The Hall–Kier alpha value is 0.0900. The van der Waals surface area contributed by atoms with Gasteiger partial charge in [0.2, 0.25) is 0 Å². The molecule has 0 radical (unpaired) electrons. The molecule has 1 heteroatoms. The molecule has 1 aliphatic heterocycles. The van der Waals surface area contributed by atoms with Crippen LogP contribution in [0, 0.1) is 5.92 Å². The fraction of sp³-hybridized carbons (Fsp3) is 0.818. The fourth-order valence-electron chi connectivity index (χ4n) is 1.44. The predicted molar refractivity (Wildman–Crippen MR) is 60.8 cm³/mol. The second-order valence-corrected chi connectivity index (χ2v) is 4.44. The van der Waals surface area contributed by atoms with E-state index < -0.39 is 0 Å². The Morgan fingerprint density at radius 3 is 2.25 bits per heavy atom. The fourth-order valence-corrected chi connectivity index (χ4v) is 2.65. The van der Waals surface area contributed by atoms with Crippen molar-refractivity contribution in [1.29, 1.82) is 0 Å². The van der Waals surface area contributed by atoms with E-state index in [1.165, 1.54) is 36.3 Å². The van der Waals surface area contributed by atoms with Crippen LogP contribution in [0.15, 0.2) is 12.2 Å². The van der Waals surface area contributed by atoms with E-state index in [0.29, 0.717) is 0 Å². The molecule has 0 saturated carbocycles. The summed E-state index contributed by atoms with van der Waals surface area (Å²) in [5.41, 5.74) is 1.36. The van der Waals surface area contributed by atoms with Gasteiger partial charge in [-0.05, 0) is 43.6 Å². The summed E-state index contributed by atoms with van der Waals surface area (Å²) in [7, 11) is 0. The third-order valence-electron chi connectivity index (χ3n) is 1.98. The molecule has 72 valence electrons. The first-order valence-corrected chi connectivity index (χ1v) is 6.16. The van der Waals surface area contributed by atoms with E-state index in [1.807, 2.05) is 13.8 Å². The zero-order valence-electron chi connectivity index (χ0n) is 8.73. The van der Waals surface area contributed by atoms with Crippen LogP contribution in [-0.4, -0.2) is 11.5 Å². The maximum absolute atomic E-state index is 3.94. The van der Waals surface area contributed by atoms with Crippen LogP contribution in [0.2, 0.25) is 0 Å². The maximum atomic E-state index is 3.94. The molecule has 1 aliphatic rings. The first-order valence-electron chi connectivity index (χ1n) is 5.01. The van der Waals surface area contributed by atoms with Crippen molar-refractivity contribution in [3.8, 4) is 0 Å². The topological polar surface area (TPSA) is 0 Å². The highest BCUT2D eigenvalue weighted by Crippen LogP contribution is 2.26. The lowest BCUT2D eigenvalue weighted by molar-refractivity contribution is 0.486. The number of thioether (sulfide) groups is 1. The summed E-state index contributed by atoms with van der Waals surface area (Å²) < 4.78 is 0. The summed E-state index contributed by atoms with van der Waals surface area (Å²) in [4.78, 5) is 0. The van der Waals surface area contributed by atoms with Crippen molar-refractivity contribution in [3.05, 3.63) is 12.2 Å². The van der Waals surface area contributed by atoms with Crippen LogP contribution >= 0.6 is 11.8 Å². The summed E-state index contributed by atoms with van der Waals surface area (Å²) >= 11 is 2.10. The molecule has 0 aromatic heterocycles. The molecule has 1 heterocycles. The summed E-state index contributed by atoms with van der Waals surface area (Å²) in [5, 5.41) is 0. The van der Waals surface area contributed by atoms with E-state index in [9.17, 15) is 0 Å². The maximum Gasteiger partial charge on any atom is -0.00648 e. The van der Waals surface area contributed by atoms with Gasteiger partial charge >= 0.3 is 0 Å². The zero-order chi connectivity index (χ0) is 9.40. The van der Waals surface area contributed by atoms with Gasteiger partial charge in [-0.3, -0.25) is 0 Å². The molecule has 0 amide bonds. The normalized spacial score (nSPS) is 17.9. The van der Waals surface area contributed by atoms with Crippen LogP contribution in [0.4, 0.5) is 0 Å². The molecule has 0 aliphatic carbocycles. The van der Waals surface area contributed by atoms with Gasteiger partial charge in [-0.1, -0.05) is 19.4 Å². The van der Waals surface area contributed by atoms with E-state index in [4.69, 9.17) is 0 Å². The van der Waals surface area contributed by atoms with Gasteiger partial charge in [0.1, 0.15) is 0 Å². The number of hydrogen-bond acceptors (Lipinski definition) is 1. The van der Waals surface area contributed by atoms with Gasteiger partial charge in [-0.2, -0.15) is 11.8 Å². The molecule has 0 atom stereocenters. The minimum Gasteiger partial charge on any atom is -0.162 e. The summed E-state index contributed by atoms with van der Waals surface area (Å²) in [6, 6.07) is 0. The van der Waals surface area contributed by atoms with Crippen molar-refractivity contribution >= 4 is 11.8 Å². The molecule has 0 aromatic carbocycles. The quantitative estimate of drug-likeness (QED) is 0.585. The Morgan fingerprint density at radius 1 is 1.33 bits per heavy atom. The summed E-state index contributed by atoms with van der Waals surface area (Å²) in [5.74, 6) is 3.70. The molecule has 0 N–H and O–H groups in total. The summed E-state index contributed by atoms with van der Waals surface area (Å²) in [6.45, 7) is 10.1. The predicted octanol–water partition coefficient (Wildman–Crippen LogP) is 4.12. The number of rotatable bonds is 2. The third-order valence-corrected chi connectivity index (χ3v) is 3.03. The smallest absolute Gasteiger partial charge is 0.00648 e. The second kappa shape index (κ2) is 7.72. The average molecular weight is 186 g/mol. The lowest BCUT2D eigenvalue weighted by Crippen LogP contribution is -2.09. The largest absolute Gasteiger partial charge is 0.162 e. The highest BCUT2D eigenvalue weighted by molar-refractivity contribution is 7.99. The van der Waals surface area contributed by atoms with Crippen LogP contribution in [-0.2, 0) is 0 Å². The van der Waals surface area contributed by atoms with Gasteiger partial charge < -0.3 is 0 Å². The third kappa shape index (κ3) is 5.70. The first-order chi connectivity index (χ1) is 5.79. The van der Waals surface area contributed by atoms with Crippen LogP contribution in [0.3, 0.4) is 0 Å². The van der Waals surface area contributed by atoms with Crippen LogP contribution < -0.4 is 0 Å². The van der Waals surface area contributed by atoms with Crippen molar-refractivity contribution in [2.24, 2.45) is 5.92 Å². The molecule has 1 rings (SSSR count). The molecule has 0 unspecified atom stereocenters. The van der Waals surface area contributed by atoms with Crippen molar-refractivity contribution in [1.82, 2.24) is 0 Å². The van der Waals surface area contributed by atoms with Gasteiger partial charge in [0.15, 0.2) is 0 Å². The standard InChI is InChI=1S/C9H16S.C2H6/c1-8(2)7-9-3-5-10-6-4-9;1-2/h9H,1,3-7H2,2H3;1-2H3. The van der Waals surface area contributed by atoms with E-state index in [-0.39, 0.29) is 0 Å². The lowest BCUT2D eigenvalue weighted by Gasteiger charge is -2.20. The Morgan fingerprint density at radius 2 is 1.83 bits per heavy atom. The molecule has 1 fully saturated rings. The number of allylic oxidation sites excluding steroid dienone is 1. The van der Waals surface area contributed by atoms with Gasteiger partial charge in [-0.15, -0.1) is 6.58 Å². The van der Waals surface area contributed by atoms with Gasteiger partial charge in [0.05, 0.1) is 0 Å². The molecular formula is C11H22S. The second-order valence-electron chi connectivity index (χ2n) is 3.22. The van der Waals surface area contributed by atoms with E-state index in [2.05, 4.69) is 25.3 Å². The lowest BCUT2D eigenvalue weighted by atomic mass is 9.95. The zero-order valence-corrected chi connectivity index (χ0v) is 9.54. The van der Waals surface area contributed by atoms with Crippen molar-refractivity contribution in [2.45, 2.75) is 40.0 Å². The van der Waals surface area contributed by atoms with Crippen LogP contribution in [0.5, 0.6) is 0 Å². The van der Waals surface area contributed by atoms with Crippen LogP contribution in [0.25, 0.3) is 0 Å². The van der Waals surface area contributed by atoms with Crippen molar-refractivity contribution in [3.63, 3.8) is 0 Å². The van der Waals surface area contributed by atoms with Crippen molar-refractivity contribution < 1.29 is 0 Å².